The Labute approximate surface area is 164 Å². The highest BCUT2D eigenvalue weighted by molar-refractivity contribution is 7.92. The maximum absolute atomic E-state index is 13.5. The van der Waals surface area contributed by atoms with Crippen LogP contribution in [0.3, 0.4) is 0 Å². The number of fused-ring (bicyclic) bond motifs is 3. The Morgan fingerprint density at radius 1 is 0.929 bits per heavy atom. The molecule has 0 aliphatic heterocycles. The standard InChI is InChI=1S/C23H20O4S/c1-3-27-23(24)19-14-20-17-11-7-8-12-18(17)22(21(20)13-15(19)2)28(25,26)16-9-5-4-6-10-16/h4-14,22H,3H2,1-2H3. The Morgan fingerprint density at radius 3 is 2.32 bits per heavy atom. The molecule has 1 atom stereocenters. The SMILES string of the molecule is CCOC(=O)c1cc2c(cc1C)C(S(=O)(=O)c1ccccc1)c1ccccc1-2. The molecule has 3 aromatic carbocycles. The highest BCUT2D eigenvalue weighted by atomic mass is 32.2. The lowest BCUT2D eigenvalue weighted by Gasteiger charge is -2.16. The van der Waals surface area contributed by atoms with Gasteiger partial charge in [-0.25, -0.2) is 13.2 Å². The van der Waals surface area contributed by atoms with Gasteiger partial charge in [-0.2, -0.15) is 0 Å². The van der Waals surface area contributed by atoms with Crippen LogP contribution < -0.4 is 0 Å². The molecule has 4 nitrogen and oxygen atoms in total. The van der Waals surface area contributed by atoms with Crippen LogP contribution in [-0.4, -0.2) is 21.0 Å². The number of ether oxygens (including phenoxy) is 1. The van der Waals surface area contributed by atoms with Gasteiger partial charge in [0.25, 0.3) is 0 Å². The van der Waals surface area contributed by atoms with Gasteiger partial charge in [0.1, 0.15) is 5.25 Å². The average molecular weight is 392 g/mol. The van der Waals surface area contributed by atoms with Crippen molar-refractivity contribution in [2.24, 2.45) is 0 Å². The Balaban J connectivity index is 1.95. The molecule has 1 aliphatic carbocycles. The van der Waals surface area contributed by atoms with Crippen molar-refractivity contribution in [1.82, 2.24) is 0 Å². The first kappa shape index (κ1) is 18.4. The lowest BCUT2D eigenvalue weighted by atomic mass is 9.99. The van der Waals surface area contributed by atoms with E-state index in [4.69, 9.17) is 4.74 Å². The number of benzene rings is 3. The molecule has 0 saturated heterocycles. The number of rotatable bonds is 4. The molecule has 0 amide bonds. The number of hydrogen-bond acceptors (Lipinski definition) is 4. The van der Waals surface area contributed by atoms with Gasteiger partial charge in [-0.1, -0.05) is 48.5 Å². The van der Waals surface area contributed by atoms with Gasteiger partial charge in [-0.05, 0) is 59.9 Å². The number of aryl methyl sites for hydroxylation is 1. The second kappa shape index (κ2) is 6.91. The van der Waals surface area contributed by atoms with E-state index < -0.39 is 21.1 Å². The van der Waals surface area contributed by atoms with Crippen LogP contribution in [0.15, 0.2) is 71.6 Å². The van der Waals surface area contributed by atoms with E-state index in [9.17, 15) is 13.2 Å². The van der Waals surface area contributed by atoms with Crippen LogP contribution in [0.25, 0.3) is 11.1 Å². The molecule has 0 radical (unpaired) electrons. The topological polar surface area (TPSA) is 60.4 Å². The van der Waals surface area contributed by atoms with Gasteiger partial charge in [0.2, 0.25) is 0 Å². The van der Waals surface area contributed by atoms with Crippen molar-refractivity contribution >= 4 is 15.8 Å². The van der Waals surface area contributed by atoms with E-state index in [1.54, 1.807) is 43.3 Å². The average Bonchev–Trinajstić information content (AvgIpc) is 3.02. The summed E-state index contributed by atoms with van der Waals surface area (Å²) in [6.45, 7) is 3.86. The second-order valence-corrected chi connectivity index (χ2v) is 8.83. The second-order valence-electron chi connectivity index (χ2n) is 6.80. The van der Waals surface area contributed by atoms with E-state index in [0.717, 1.165) is 16.7 Å². The minimum absolute atomic E-state index is 0.287. The predicted octanol–water partition coefficient (Wildman–Crippen LogP) is 4.72. The summed E-state index contributed by atoms with van der Waals surface area (Å²) in [5.41, 5.74) is 4.23. The molecule has 1 unspecified atom stereocenters. The van der Waals surface area contributed by atoms with Crippen molar-refractivity contribution in [3.8, 4) is 11.1 Å². The quantitative estimate of drug-likeness (QED) is 0.603. The van der Waals surface area contributed by atoms with Crippen molar-refractivity contribution in [3.05, 3.63) is 89.0 Å². The van der Waals surface area contributed by atoms with Gasteiger partial charge in [0.15, 0.2) is 9.84 Å². The fraction of sp³-hybridized carbons (Fsp3) is 0.174. The van der Waals surface area contributed by atoms with E-state index in [1.807, 2.05) is 37.3 Å². The highest BCUT2D eigenvalue weighted by Gasteiger charge is 2.39. The van der Waals surface area contributed by atoms with Crippen LogP contribution >= 0.6 is 0 Å². The molecule has 3 aromatic rings. The van der Waals surface area contributed by atoms with Crippen LogP contribution in [0.5, 0.6) is 0 Å². The molecule has 28 heavy (non-hydrogen) atoms. The fourth-order valence-electron chi connectivity index (χ4n) is 3.83. The van der Waals surface area contributed by atoms with Gasteiger partial charge < -0.3 is 4.74 Å². The van der Waals surface area contributed by atoms with E-state index in [-0.39, 0.29) is 11.5 Å². The van der Waals surface area contributed by atoms with Crippen LogP contribution in [0.4, 0.5) is 0 Å². The van der Waals surface area contributed by atoms with Gasteiger partial charge in [0.05, 0.1) is 17.1 Å². The summed E-state index contributed by atoms with van der Waals surface area (Å²) in [6, 6.07) is 19.5. The lowest BCUT2D eigenvalue weighted by molar-refractivity contribution is 0.0525. The number of sulfone groups is 1. The van der Waals surface area contributed by atoms with Crippen molar-refractivity contribution in [2.75, 3.05) is 6.61 Å². The molecular formula is C23H20O4S. The van der Waals surface area contributed by atoms with Crippen molar-refractivity contribution in [1.29, 1.82) is 0 Å². The number of carbonyl (C=O) groups excluding carboxylic acids is 1. The van der Waals surface area contributed by atoms with Crippen LogP contribution in [0.2, 0.25) is 0 Å². The lowest BCUT2D eigenvalue weighted by Crippen LogP contribution is -2.14. The van der Waals surface area contributed by atoms with Crippen molar-refractivity contribution < 1.29 is 17.9 Å². The zero-order valence-electron chi connectivity index (χ0n) is 15.7. The monoisotopic (exact) mass is 392 g/mol. The number of carbonyl (C=O) groups is 1. The Bertz CT molecular complexity index is 1160. The molecule has 0 bridgehead atoms. The molecule has 0 spiro atoms. The molecular weight excluding hydrogens is 372 g/mol. The summed E-state index contributed by atoms with van der Waals surface area (Å²) < 4.78 is 32.2. The van der Waals surface area contributed by atoms with Crippen LogP contribution in [0.1, 0.15) is 39.2 Å². The normalized spacial score (nSPS) is 15.0. The summed E-state index contributed by atoms with van der Waals surface area (Å²) in [4.78, 5) is 12.6. The number of esters is 1. The third-order valence-electron chi connectivity index (χ3n) is 5.09. The summed E-state index contributed by atoms with van der Waals surface area (Å²) in [6.07, 6.45) is 0. The fourth-order valence-corrected chi connectivity index (χ4v) is 5.71. The molecule has 4 rings (SSSR count). The summed E-state index contributed by atoms with van der Waals surface area (Å²) in [5.74, 6) is -0.394. The van der Waals surface area contributed by atoms with E-state index in [0.29, 0.717) is 16.7 Å². The minimum Gasteiger partial charge on any atom is -0.462 e. The van der Waals surface area contributed by atoms with E-state index in [1.165, 1.54) is 0 Å². The van der Waals surface area contributed by atoms with Gasteiger partial charge in [-0.3, -0.25) is 0 Å². The Morgan fingerprint density at radius 2 is 1.61 bits per heavy atom. The maximum atomic E-state index is 13.5. The van der Waals surface area contributed by atoms with Gasteiger partial charge in [-0.15, -0.1) is 0 Å². The van der Waals surface area contributed by atoms with Gasteiger partial charge in [0, 0.05) is 0 Å². The van der Waals surface area contributed by atoms with Crippen molar-refractivity contribution in [2.45, 2.75) is 24.0 Å². The maximum Gasteiger partial charge on any atom is 0.338 e. The zero-order valence-corrected chi connectivity index (χ0v) is 16.5. The van der Waals surface area contributed by atoms with E-state index >= 15 is 0 Å². The van der Waals surface area contributed by atoms with Gasteiger partial charge >= 0.3 is 5.97 Å². The largest absolute Gasteiger partial charge is 0.462 e. The number of hydrogen-bond donors (Lipinski definition) is 0. The summed E-state index contributed by atoms with van der Waals surface area (Å²) >= 11 is 0. The molecule has 0 saturated carbocycles. The molecule has 0 heterocycles. The van der Waals surface area contributed by atoms with E-state index in [2.05, 4.69) is 0 Å². The first-order valence-corrected chi connectivity index (χ1v) is 10.7. The van der Waals surface area contributed by atoms with Crippen LogP contribution in [0, 0.1) is 6.92 Å². The molecule has 0 N–H and O–H groups in total. The molecule has 0 fully saturated rings. The summed E-state index contributed by atoms with van der Waals surface area (Å²) in [5, 5.41) is -0.795. The predicted molar refractivity (Wildman–Crippen MR) is 108 cm³/mol. The Kier molecular flexibility index (Phi) is 4.55. The zero-order chi connectivity index (χ0) is 19.9. The first-order valence-electron chi connectivity index (χ1n) is 9.15. The van der Waals surface area contributed by atoms with Crippen molar-refractivity contribution in [3.63, 3.8) is 0 Å². The minimum atomic E-state index is -3.64. The molecule has 142 valence electrons. The Hall–Kier alpha value is -2.92. The summed E-state index contributed by atoms with van der Waals surface area (Å²) in [7, 11) is -3.64. The molecule has 5 heteroatoms. The molecule has 1 aliphatic rings. The smallest absolute Gasteiger partial charge is 0.338 e. The molecule has 0 aromatic heterocycles. The highest BCUT2D eigenvalue weighted by Crippen LogP contribution is 2.49. The first-order chi connectivity index (χ1) is 13.4. The third-order valence-corrected chi connectivity index (χ3v) is 7.15. The third kappa shape index (κ3) is 2.83. The van der Waals surface area contributed by atoms with Crippen LogP contribution in [-0.2, 0) is 14.6 Å².